The second-order valence-corrected chi connectivity index (χ2v) is 3.28. The molecule has 0 N–H and O–H groups in total. The molecule has 0 heterocycles. The van der Waals surface area contributed by atoms with Crippen LogP contribution in [0.5, 0.6) is 0 Å². The van der Waals surface area contributed by atoms with Crippen LogP contribution < -0.4 is 0 Å². The molecule has 0 unspecified atom stereocenters. The number of nitrogens with zero attached hydrogens (tertiary/aromatic N) is 1. The smallest absolute Gasteiger partial charge is 0.263 e. The van der Waals surface area contributed by atoms with E-state index in [1.165, 1.54) is 24.3 Å². The van der Waals surface area contributed by atoms with Crippen molar-refractivity contribution in [3.05, 3.63) is 35.4 Å². The highest BCUT2D eigenvalue weighted by Gasteiger charge is 2.05. The van der Waals surface area contributed by atoms with Crippen LogP contribution in [-0.4, -0.2) is 12.3 Å². The van der Waals surface area contributed by atoms with Gasteiger partial charge in [0, 0.05) is 11.1 Å². The maximum Gasteiger partial charge on any atom is 0.263 e. The fourth-order valence-corrected chi connectivity index (χ4v) is 0.888. The molecule has 1 rings (SSSR count). The summed E-state index contributed by atoms with van der Waals surface area (Å²) in [5.74, 6) is 0. The van der Waals surface area contributed by atoms with Crippen molar-refractivity contribution in [1.82, 2.24) is 0 Å². The molecule has 0 aliphatic carbocycles. The average molecular weight is 212 g/mol. The van der Waals surface area contributed by atoms with Gasteiger partial charge in [-0.3, -0.25) is 0 Å². The van der Waals surface area contributed by atoms with E-state index < -0.39 is 6.43 Å². The topological polar surface area (TPSA) is 21.6 Å². The summed E-state index contributed by atoms with van der Waals surface area (Å²) in [6.07, 6.45) is 0.142. The molecule has 0 bridgehead atoms. The van der Waals surface area contributed by atoms with Crippen LogP contribution >= 0.6 is 0 Å². The highest BCUT2D eigenvalue weighted by Crippen LogP contribution is 2.18. The van der Waals surface area contributed by atoms with E-state index in [2.05, 4.69) is 11.4 Å². The first kappa shape index (κ1) is 11.6. The first-order valence-electron chi connectivity index (χ1n) is 4.59. The van der Waals surface area contributed by atoms with Gasteiger partial charge in [-0.25, -0.2) is 8.78 Å². The highest BCUT2D eigenvalue weighted by atomic mass is 19.3. The molecule has 1 radical (unpaired) electrons. The van der Waals surface area contributed by atoms with Gasteiger partial charge in [0.05, 0.1) is 0 Å². The van der Waals surface area contributed by atoms with Crippen LogP contribution in [0.4, 0.5) is 8.78 Å². The summed E-state index contributed by atoms with van der Waals surface area (Å²) in [4.78, 5) is 4.89. The largest absolute Gasteiger partial charge is 0.393 e. The molecule has 4 heteroatoms. The number of hydrogen-bond donors (Lipinski definition) is 0. The van der Waals surface area contributed by atoms with Gasteiger partial charge in [-0.15, -0.1) is 0 Å². The summed E-state index contributed by atoms with van der Waals surface area (Å²) >= 11 is 0. The molecule has 81 valence electrons. The summed E-state index contributed by atoms with van der Waals surface area (Å²) in [7, 11) is 0. The SMILES string of the molecule is CC(C)O/N=[C]/c1ccc(C(F)F)cc1. The van der Waals surface area contributed by atoms with Crippen molar-refractivity contribution in [2.75, 3.05) is 0 Å². The van der Waals surface area contributed by atoms with Gasteiger partial charge in [0.2, 0.25) is 0 Å². The van der Waals surface area contributed by atoms with Gasteiger partial charge in [0.1, 0.15) is 12.3 Å². The molecule has 0 saturated carbocycles. The maximum absolute atomic E-state index is 12.2. The van der Waals surface area contributed by atoms with Crippen molar-refractivity contribution in [3.8, 4) is 0 Å². The van der Waals surface area contributed by atoms with Crippen LogP contribution in [0.15, 0.2) is 29.4 Å². The first-order chi connectivity index (χ1) is 7.09. The zero-order chi connectivity index (χ0) is 11.3. The van der Waals surface area contributed by atoms with Crippen LogP contribution in [0.1, 0.15) is 31.4 Å². The Kier molecular flexibility index (Phi) is 4.21. The Morgan fingerprint density at radius 2 is 1.80 bits per heavy atom. The van der Waals surface area contributed by atoms with Crippen molar-refractivity contribution in [2.45, 2.75) is 26.4 Å². The molecular formula is C11H12F2NO. The van der Waals surface area contributed by atoms with E-state index in [4.69, 9.17) is 4.84 Å². The summed E-state index contributed by atoms with van der Waals surface area (Å²) in [5.41, 5.74) is 0.602. The van der Waals surface area contributed by atoms with Crippen LogP contribution in [-0.2, 0) is 4.84 Å². The van der Waals surface area contributed by atoms with E-state index >= 15 is 0 Å². The number of alkyl halides is 2. The van der Waals surface area contributed by atoms with Gasteiger partial charge >= 0.3 is 0 Å². The third kappa shape index (κ3) is 4.06. The van der Waals surface area contributed by atoms with E-state index in [0.717, 1.165) is 0 Å². The third-order valence-corrected chi connectivity index (χ3v) is 1.60. The molecule has 0 saturated heterocycles. The molecule has 15 heavy (non-hydrogen) atoms. The normalized spacial score (nSPS) is 11.6. The van der Waals surface area contributed by atoms with Gasteiger partial charge < -0.3 is 4.84 Å². The Morgan fingerprint density at radius 1 is 1.20 bits per heavy atom. The van der Waals surface area contributed by atoms with E-state index in [0.29, 0.717) is 5.56 Å². The first-order valence-corrected chi connectivity index (χ1v) is 4.59. The number of rotatable bonds is 4. The van der Waals surface area contributed by atoms with Crippen LogP contribution in [0, 0.1) is 0 Å². The molecule has 2 nitrogen and oxygen atoms in total. The minimum absolute atomic E-state index is 0.00896. The van der Waals surface area contributed by atoms with Gasteiger partial charge in [-0.2, -0.15) is 0 Å². The molecule has 0 amide bonds. The van der Waals surface area contributed by atoms with E-state index in [-0.39, 0.29) is 11.7 Å². The third-order valence-electron chi connectivity index (χ3n) is 1.60. The lowest BCUT2D eigenvalue weighted by Crippen LogP contribution is -1.96. The lowest BCUT2D eigenvalue weighted by atomic mass is 10.1. The fourth-order valence-electron chi connectivity index (χ4n) is 0.888. The summed E-state index contributed by atoms with van der Waals surface area (Å²) in [5, 5.41) is 3.58. The van der Waals surface area contributed by atoms with E-state index in [1.807, 2.05) is 13.8 Å². The highest BCUT2D eigenvalue weighted by molar-refractivity contribution is 5.79. The molecule has 0 aliphatic heterocycles. The fraction of sp³-hybridized carbons (Fsp3) is 0.364. The zero-order valence-corrected chi connectivity index (χ0v) is 8.58. The summed E-state index contributed by atoms with van der Waals surface area (Å²) in [6, 6.07) is 5.74. The quantitative estimate of drug-likeness (QED) is 0.554. The van der Waals surface area contributed by atoms with Crippen molar-refractivity contribution < 1.29 is 13.6 Å². The van der Waals surface area contributed by atoms with Crippen molar-refractivity contribution in [3.63, 3.8) is 0 Å². The van der Waals surface area contributed by atoms with Gasteiger partial charge in [0.15, 0.2) is 0 Å². The molecule has 0 aliphatic rings. The Balaban J connectivity index is 2.60. The molecule has 0 aromatic heterocycles. The van der Waals surface area contributed by atoms with Gasteiger partial charge in [0.25, 0.3) is 6.43 Å². The Morgan fingerprint density at radius 3 is 2.27 bits per heavy atom. The predicted molar refractivity (Wildman–Crippen MR) is 54.2 cm³/mol. The van der Waals surface area contributed by atoms with Crippen LogP contribution in [0.25, 0.3) is 0 Å². The molecule has 0 atom stereocenters. The molecular weight excluding hydrogens is 200 g/mol. The molecule has 0 spiro atoms. The number of hydrogen-bond acceptors (Lipinski definition) is 2. The van der Waals surface area contributed by atoms with Crippen LogP contribution in [0.3, 0.4) is 0 Å². The Labute approximate surface area is 87.6 Å². The van der Waals surface area contributed by atoms with Crippen molar-refractivity contribution in [2.24, 2.45) is 5.16 Å². The van der Waals surface area contributed by atoms with Crippen molar-refractivity contribution >= 4 is 6.21 Å². The molecule has 1 aromatic rings. The molecule has 0 fully saturated rings. The predicted octanol–water partition coefficient (Wildman–Crippen LogP) is 3.26. The second kappa shape index (κ2) is 5.44. The lowest BCUT2D eigenvalue weighted by molar-refractivity contribution is 0.0874. The maximum atomic E-state index is 12.2. The van der Waals surface area contributed by atoms with Crippen LogP contribution in [0.2, 0.25) is 0 Å². The summed E-state index contributed by atoms with van der Waals surface area (Å²) in [6.45, 7) is 3.68. The van der Waals surface area contributed by atoms with Gasteiger partial charge in [-0.05, 0) is 13.8 Å². The number of benzene rings is 1. The standard InChI is InChI=1S/C11H12F2NO/c1-8(2)15-14-7-9-3-5-10(6-4-9)11(12)13/h3-6,8,11H,1-2H3. The lowest BCUT2D eigenvalue weighted by Gasteiger charge is -2.01. The van der Waals surface area contributed by atoms with E-state index in [1.54, 1.807) is 0 Å². The van der Waals surface area contributed by atoms with E-state index in [9.17, 15) is 8.78 Å². The number of halogens is 2. The second-order valence-electron chi connectivity index (χ2n) is 3.28. The molecule has 1 aromatic carbocycles. The zero-order valence-electron chi connectivity index (χ0n) is 8.58. The minimum Gasteiger partial charge on any atom is -0.393 e. The van der Waals surface area contributed by atoms with Crippen molar-refractivity contribution in [1.29, 1.82) is 0 Å². The average Bonchev–Trinajstić information content (AvgIpc) is 2.18. The summed E-state index contributed by atoms with van der Waals surface area (Å²) < 4.78 is 24.4. The Hall–Kier alpha value is -1.45. The van der Waals surface area contributed by atoms with Gasteiger partial charge in [-0.1, -0.05) is 29.4 Å². The Bertz CT molecular complexity index is 320. The monoisotopic (exact) mass is 212 g/mol. The minimum atomic E-state index is -2.44.